The van der Waals surface area contributed by atoms with Gasteiger partial charge in [0, 0.05) is 51.1 Å². The predicted molar refractivity (Wildman–Crippen MR) is 114 cm³/mol. The van der Waals surface area contributed by atoms with Gasteiger partial charge in [0.25, 0.3) is 5.91 Å². The van der Waals surface area contributed by atoms with Gasteiger partial charge in [0.2, 0.25) is 0 Å². The van der Waals surface area contributed by atoms with Crippen LogP contribution in [0.4, 0.5) is 5.69 Å². The topological polar surface area (TPSA) is 45.3 Å². The zero-order chi connectivity index (χ0) is 19.7. The molecular formula is C19H23Br2N3O3. The first-order chi connectivity index (χ1) is 12.8. The van der Waals surface area contributed by atoms with Gasteiger partial charge in [0.15, 0.2) is 11.5 Å². The van der Waals surface area contributed by atoms with Crippen LogP contribution in [0.15, 0.2) is 34.5 Å². The molecule has 2 aliphatic heterocycles. The van der Waals surface area contributed by atoms with Crippen molar-refractivity contribution >= 4 is 43.7 Å². The number of amides is 1. The quantitative estimate of drug-likeness (QED) is 0.593. The first kappa shape index (κ1) is 20.2. The molecule has 146 valence electrons. The van der Waals surface area contributed by atoms with Crippen LogP contribution in [-0.4, -0.2) is 62.2 Å². The summed E-state index contributed by atoms with van der Waals surface area (Å²) >= 11 is 6.91. The molecule has 0 aliphatic carbocycles. The van der Waals surface area contributed by atoms with Gasteiger partial charge < -0.3 is 23.2 Å². The maximum Gasteiger partial charge on any atom is 0.256 e. The Morgan fingerprint density at radius 2 is 1.89 bits per heavy atom. The Labute approximate surface area is 176 Å². The fraction of sp³-hybridized carbons (Fsp3) is 0.421. The lowest BCUT2D eigenvalue weighted by atomic mass is 9.95. The van der Waals surface area contributed by atoms with Gasteiger partial charge in [-0.05, 0) is 54.2 Å². The molecular weight excluding hydrogens is 478 g/mol. The number of carbonyl (C=O) groups excluding carboxylic acids is 1. The predicted octanol–water partition coefficient (Wildman–Crippen LogP) is 3.31. The molecule has 0 aromatic heterocycles. The molecule has 0 saturated heterocycles. The van der Waals surface area contributed by atoms with Gasteiger partial charge in [-0.1, -0.05) is 0 Å². The normalized spacial score (nSPS) is 19.4. The Kier molecular flexibility index (Phi) is 6.18. The van der Waals surface area contributed by atoms with Crippen molar-refractivity contribution in [3.05, 3.63) is 40.0 Å². The molecule has 6 nitrogen and oxygen atoms in total. The number of fused-ring (bicyclic) bond motifs is 1. The van der Waals surface area contributed by atoms with Gasteiger partial charge >= 0.3 is 0 Å². The molecule has 2 aliphatic rings. The SMILES string of the molecule is COc1cc2c(cc1OC)N(C(=O)C1=CC(Br)=CN(Br)C1)CC(N(C)C)C2. The lowest BCUT2D eigenvalue weighted by Crippen LogP contribution is -2.49. The number of allylic oxidation sites excluding steroid dienone is 2. The number of rotatable bonds is 4. The second-order valence-electron chi connectivity index (χ2n) is 6.81. The van der Waals surface area contributed by atoms with E-state index in [9.17, 15) is 4.79 Å². The lowest BCUT2D eigenvalue weighted by Gasteiger charge is -2.38. The highest BCUT2D eigenvalue weighted by atomic mass is 79.9. The summed E-state index contributed by atoms with van der Waals surface area (Å²) in [6, 6.07) is 4.10. The van der Waals surface area contributed by atoms with Crippen LogP contribution in [0.25, 0.3) is 0 Å². The molecule has 0 bridgehead atoms. The van der Waals surface area contributed by atoms with Crippen LogP contribution < -0.4 is 14.4 Å². The molecule has 1 atom stereocenters. The Hall–Kier alpha value is -1.51. The third-order valence-electron chi connectivity index (χ3n) is 4.87. The minimum atomic E-state index is -0.00970. The molecule has 2 heterocycles. The fourth-order valence-corrected chi connectivity index (χ4v) is 4.67. The Morgan fingerprint density at radius 1 is 1.22 bits per heavy atom. The van der Waals surface area contributed by atoms with E-state index < -0.39 is 0 Å². The number of benzene rings is 1. The van der Waals surface area contributed by atoms with Crippen molar-refractivity contribution in [2.24, 2.45) is 0 Å². The highest BCUT2D eigenvalue weighted by molar-refractivity contribution is 9.12. The first-order valence-corrected chi connectivity index (χ1v) is 10.1. The van der Waals surface area contributed by atoms with E-state index in [2.05, 4.69) is 37.0 Å². The molecule has 8 heteroatoms. The van der Waals surface area contributed by atoms with Gasteiger partial charge in [-0.25, -0.2) is 0 Å². The zero-order valence-electron chi connectivity index (χ0n) is 15.8. The number of ether oxygens (including phenoxy) is 2. The van der Waals surface area contributed by atoms with Gasteiger partial charge in [-0.3, -0.25) is 4.79 Å². The van der Waals surface area contributed by atoms with E-state index >= 15 is 0 Å². The monoisotopic (exact) mass is 499 g/mol. The molecule has 0 radical (unpaired) electrons. The molecule has 1 amide bonds. The van der Waals surface area contributed by atoms with Gasteiger partial charge in [-0.15, -0.1) is 0 Å². The number of carbonyl (C=O) groups is 1. The average Bonchev–Trinajstić information content (AvgIpc) is 2.64. The standard InChI is InChI=1S/C19H23Br2N3O3/c1-22(2)15-6-12-7-17(26-3)18(27-4)8-16(12)24(11-15)19(25)13-5-14(20)10-23(21)9-13/h5,7-8,10,15H,6,9,11H2,1-4H3. The lowest BCUT2D eigenvalue weighted by molar-refractivity contribution is -0.115. The van der Waals surface area contributed by atoms with Crippen LogP contribution in [0.1, 0.15) is 5.56 Å². The molecule has 0 N–H and O–H groups in total. The van der Waals surface area contributed by atoms with Crippen LogP contribution in [0.5, 0.6) is 11.5 Å². The van der Waals surface area contributed by atoms with E-state index in [1.165, 1.54) is 0 Å². The summed E-state index contributed by atoms with van der Waals surface area (Å²) in [4.78, 5) is 17.4. The molecule has 0 fully saturated rings. The maximum atomic E-state index is 13.4. The van der Waals surface area contributed by atoms with Gasteiger partial charge in [-0.2, -0.15) is 0 Å². The summed E-state index contributed by atoms with van der Waals surface area (Å²) in [6.07, 6.45) is 4.61. The number of hydrogen-bond donors (Lipinski definition) is 0. The minimum Gasteiger partial charge on any atom is -0.493 e. The van der Waals surface area contributed by atoms with Crippen molar-refractivity contribution in [2.75, 3.05) is 46.3 Å². The molecule has 27 heavy (non-hydrogen) atoms. The van der Waals surface area contributed by atoms with Gasteiger partial charge in [0.1, 0.15) is 0 Å². The molecule has 1 aromatic carbocycles. The number of likely N-dealkylation sites (N-methyl/N-ethyl adjacent to an activating group) is 1. The summed E-state index contributed by atoms with van der Waals surface area (Å²) in [5.74, 6) is 1.29. The minimum absolute atomic E-state index is 0.00970. The van der Waals surface area contributed by atoms with E-state index in [0.717, 1.165) is 22.2 Å². The summed E-state index contributed by atoms with van der Waals surface area (Å²) in [7, 11) is 7.31. The van der Waals surface area contributed by atoms with Crippen LogP contribution in [0.2, 0.25) is 0 Å². The highest BCUT2D eigenvalue weighted by Crippen LogP contribution is 2.39. The zero-order valence-corrected chi connectivity index (χ0v) is 19.0. The van der Waals surface area contributed by atoms with E-state index in [1.54, 1.807) is 14.2 Å². The Morgan fingerprint density at radius 3 is 2.48 bits per heavy atom. The van der Waals surface area contributed by atoms with E-state index in [1.807, 2.05) is 47.3 Å². The summed E-state index contributed by atoms with van der Waals surface area (Å²) in [5.41, 5.74) is 2.66. The first-order valence-electron chi connectivity index (χ1n) is 8.57. The third kappa shape index (κ3) is 4.17. The van der Waals surface area contributed by atoms with E-state index in [4.69, 9.17) is 9.47 Å². The van der Waals surface area contributed by atoms with E-state index in [-0.39, 0.29) is 11.9 Å². The van der Waals surface area contributed by atoms with Gasteiger partial charge in [0.05, 0.1) is 26.5 Å². The van der Waals surface area contributed by atoms with Crippen molar-refractivity contribution in [3.63, 3.8) is 0 Å². The van der Waals surface area contributed by atoms with Crippen LogP contribution in [-0.2, 0) is 11.2 Å². The third-order valence-corrected chi connectivity index (χ3v) is 5.76. The largest absolute Gasteiger partial charge is 0.493 e. The number of anilines is 1. The van der Waals surface area contributed by atoms with Crippen LogP contribution >= 0.6 is 32.1 Å². The molecule has 1 aromatic rings. The fourth-order valence-electron chi connectivity index (χ4n) is 3.39. The summed E-state index contributed by atoms with van der Waals surface area (Å²) in [6.45, 7) is 1.12. The summed E-state index contributed by atoms with van der Waals surface area (Å²) in [5, 5.41) is 0. The van der Waals surface area contributed by atoms with Crippen LogP contribution in [0, 0.1) is 0 Å². The number of hydrogen-bond acceptors (Lipinski definition) is 5. The summed E-state index contributed by atoms with van der Waals surface area (Å²) < 4.78 is 13.6. The van der Waals surface area contributed by atoms with E-state index in [0.29, 0.717) is 30.2 Å². The second kappa shape index (κ2) is 8.24. The van der Waals surface area contributed by atoms with Crippen molar-refractivity contribution in [3.8, 4) is 11.5 Å². The van der Waals surface area contributed by atoms with Crippen molar-refractivity contribution < 1.29 is 14.3 Å². The van der Waals surface area contributed by atoms with Crippen molar-refractivity contribution in [2.45, 2.75) is 12.5 Å². The molecule has 0 spiro atoms. The number of methoxy groups -OCH3 is 2. The molecule has 3 rings (SSSR count). The second-order valence-corrected chi connectivity index (χ2v) is 8.64. The van der Waals surface area contributed by atoms with Crippen molar-refractivity contribution in [1.82, 2.24) is 8.83 Å². The maximum absolute atomic E-state index is 13.4. The Balaban J connectivity index is 2.04. The number of halogens is 2. The van der Waals surface area contributed by atoms with Crippen LogP contribution in [0.3, 0.4) is 0 Å². The molecule has 1 unspecified atom stereocenters. The highest BCUT2D eigenvalue weighted by Gasteiger charge is 2.33. The molecule has 0 saturated carbocycles. The number of nitrogens with zero attached hydrogens (tertiary/aromatic N) is 3. The average molecular weight is 501 g/mol. The smallest absolute Gasteiger partial charge is 0.256 e. The van der Waals surface area contributed by atoms with Crippen molar-refractivity contribution in [1.29, 1.82) is 0 Å². The Bertz CT molecular complexity index is 808.